The average Bonchev–Trinajstić information content (AvgIpc) is 2.93. The van der Waals surface area contributed by atoms with Crippen molar-refractivity contribution in [1.29, 1.82) is 0 Å². The Balaban J connectivity index is 2.00. The molecule has 0 fully saturated rings. The largest absolute Gasteiger partial charge is 0.496 e. The van der Waals surface area contributed by atoms with E-state index in [1.54, 1.807) is 7.11 Å². The minimum Gasteiger partial charge on any atom is -0.496 e. The van der Waals surface area contributed by atoms with E-state index in [2.05, 4.69) is 56.1 Å². The van der Waals surface area contributed by atoms with Gasteiger partial charge in [0.1, 0.15) is 5.75 Å². The Morgan fingerprint density at radius 3 is 2.70 bits per heavy atom. The first-order valence-corrected chi connectivity index (χ1v) is 8.07. The van der Waals surface area contributed by atoms with Crippen LogP contribution in [0.1, 0.15) is 27.1 Å². The van der Waals surface area contributed by atoms with Gasteiger partial charge >= 0.3 is 0 Å². The van der Waals surface area contributed by atoms with E-state index in [0.29, 0.717) is 6.61 Å². The van der Waals surface area contributed by atoms with Crippen LogP contribution in [0.4, 0.5) is 0 Å². The molecule has 1 unspecified atom stereocenters. The first-order chi connectivity index (χ1) is 9.69. The topological polar surface area (TPSA) is 18.5 Å². The molecule has 0 aliphatic carbocycles. The molecule has 0 amide bonds. The third kappa shape index (κ3) is 2.65. The van der Waals surface area contributed by atoms with Crippen LogP contribution < -0.4 is 4.74 Å². The van der Waals surface area contributed by atoms with E-state index < -0.39 is 0 Å². The van der Waals surface area contributed by atoms with Crippen LogP contribution in [-0.4, -0.2) is 7.11 Å². The summed E-state index contributed by atoms with van der Waals surface area (Å²) < 4.78 is 12.0. The van der Waals surface area contributed by atoms with Gasteiger partial charge in [-0.2, -0.15) is 0 Å². The number of rotatable bonds is 3. The lowest BCUT2D eigenvalue weighted by Crippen LogP contribution is -1.98. The lowest BCUT2D eigenvalue weighted by Gasteiger charge is -2.16. The Kier molecular flexibility index (Phi) is 4.15. The third-order valence-electron chi connectivity index (χ3n) is 3.50. The maximum absolute atomic E-state index is 5.47. The number of benzene rings is 2. The molecule has 1 atom stereocenters. The van der Waals surface area contributed by atoms with E-state index >= 15 is 0 Å². The molecule has 1 aliphatic heterocycles. The molecule has 1 heterocycles. The minimum absolute atomic E-state index is 0.0980. The molecule has 3 rings (SSSR count). The van der Waals surface area contributed by atoms with Gasteiger partial charge < -0.3 is 9.47 Å². The summed E-state index contributed by atoms with van der Waals surface area (Å²) in [5.41, 5.74) is 4.89. The van der Waals surface area contributed by atoms with Crippen LogP contribution in [0.15, 0.2) is 40.9 Å². The summed E-state index contributed by atoms with van der Waals surface area (Å²) in [6.45, 7) is 1.43. The van der Waals surface area contributed by atoms with E-state index in [-0.39, 0.29) is 4.83 Å². The fourth-order valence-electron chi connectivity index (χ4n) is 2.43. The van der Waals surface area contributed by atoms with Crippen molar-refractivity contribution in [1.82, 2.24) is 0 Å². The highest BCUT2D eigenvalue weighted by Gasteiger charge is 2.18. The molecule has 2 aromatic rings. The zero-order valence-corrected chi connectivity index (χ0v) is 14.2. The van der Waals surface area contributed by atoms with Gasteiger partial charge in [0.15, 0.2) is 0 Å². The molecule has 2 aromatic carbocycles. The minimum atomic E-state index is 0.0980. The maximum atomic E-state index is 5.47. The second kappa shape index (κ2) is 5.88. The second-order valence-corrected chi connectivity index (χ2v) is 6.60. The smallest absolute Gasteiger partial charge is 0.123 e. The second-order valence-electron chi connectivity index (χ2n) is 4.77. The number of ether oxygens (including phenoxy) is 2. The summed E-state index contributed by atoms with van der Waals surface area (Å²) >= 11 is 7.31. The number of methoxy groups -OCH3 is 1. The molecule has 0 saturated heterocycles. The standard InChI is InChI=1S/C16H14Br2O2/c1-19-15-5-4-13(17)7-14(15)16(18)10-2-3-11-8-20-9-12(11)6-10/h2-7,16H,8-9H2,1H3. The van der Waals surface area contributed by atoms with Gasteiger partial charge in [0.25, 0.3) is 0 Å². The maximum Gasteiger partial charge on any atom is 0.123 e. The molecule has 0 aromatic heterocycles. The summed E-state index contributed by atoms with van der Waals surface area (Å²) in [5.74, 6) is 0.881. The lowest BCUT2D eigenvalue weighted by molar-refractivity contribution is 0.134. The van der Waals surface area contributed by atoms with Crippen LogP contribution in [0, 0.1) is 0 Å². The van der Waals surface area contributed by atoms with E-state index in [1.807, 2.05) is 12.1 Å². The zero-order chi connectivity index (χ0) is 14.1. The van der Waals surface area contributed by atoms with Gasteiger partial charge in [-0.25, -0.2) is 0 Å². The fourth-order valence-corrected chi connectivity index (χ4v) is 3.45. The van der Waals surface area contributed by atoms with Crippen LogP contribution >= 0.6 is 31.9 Å². The van der Waals surface area contributed by atoms with Gasteiger partial charge in [-0.1, -0.05) is 50.1 Å². The number of halogens is 2. The average molecular weight is 398 g/mol. The van der Waals surface area contributed by atoms with E-state index in [0.717, 1.165) is 22.4 Å². The molecule has 2 nitrogen and oxygen atoms in total. The Morgan fingerprint density at radius 1 is 1.10 bits per heavy atom. The number of alkyl halides is 1. The van der Waals surface area contributed by atoms with E-state index in [4.69, 9.17) is 9.47 Å². The monoisotopic (exact) mass is 396 g/mol. The summed E-state index contributed by atoms with van der Waals surface area (Å²) in [6.07, 6.45) is 0. The lowest BCUT2D eigenvalue weighted by atomic mass is 10.00. The van der Waals surface area contributed by atoms with Crippen molar-refractivity contribution in [3.05, 3.63) is 63.1 Å². The van der Waals surface area contributed by atoms with Crippen LogP contribution in [0.3, 0.4) is 0 Å². The highest BCUT2D eigenvalue weighted by atomic mass is 79.9. The Bertz CT molecular complexity index is 640. The summed E-state index contributed by atoms with van der Waals surface area (Å²) in [7, 11) is 1.70. The Hall–Kier alpha value is -0.840. The highest BCUT2D eigenvalue weighted by molar-refractivity contribution is 9.10. The quantitative estimate of drug-likeness (QED) is 0.680. The normalized spacial score (nSPS) is 14.9. The molecule has 4 heteroatoms. The van der Waals surface area contributed by atoms with Gasteiger partial charge in [-0.15, -0.1) is 0 Å². The molecular weight excluding hydrogens is 384 g/mol. The van der Waals surface area contributed by atoms with Crippen molar-refractivity contribution in [2.24, 2.45) is 0 Å². The van der Waals surface area contributed by atoms with Crippen LogP contribution in [0.5, 0.6) is 5.75 Å². The third-order valence-corrected chi connectivity index (χ3v) is 5.02. The molecule has 0 spiro atoms. The number of fused-ring (bicyclic) bond motifs is 1. The first-order valence-electron chi connectivity index (χ1n) is 6.36. The van der Waals surface area contributed by atoms with Gasteiger partial charge in [-0.05, 0) is 34.9 Å². The van der Waals surface area contributed by atoms with Crippen LogP contribution in [0.25, 0.3) is 0 Å². The summed E-state index contributed by atoms with van der Waals surface area (Å²) in [6, 6.07) is 12.6. The fraction of sp³-hybridized carbons (Fsp3) is 0.250. The van der Waals surface area contributed by atoms with E-state index in [9.17, 15) is 0 Å². The van der Waals surface area contributed by atoms with Gasteiger partial charge in [0.2, 0.25) is 0 Å². The summed E-state index contributed by atoms with van der Waals surface area (Å²) in [5, 5.41) is 0. The number of hydrogen-bond acceptors (Lipinski definition) is 2. The predicted octanol–water partition coefficient (Wildman–Crippen LogP) is 4.97. The predicted molar refractivity (Wildman–Crippen MR) is 86.4 cm³/mol. The molecule has 20 heavy (non-hydrogen) atoms. The molecule has 0 saturated carbocycles. The van der Waals surface area contributed by atoms with Crippen molar-refractivity contribution in [2.75, 3.05) is 7.11 Å². The van der Waals surface area contributed by atoms with Crippen LogP contribution in [-0.2, 0) is 18.0 Å². The molecule has 0 bridgehead atoms. The van der Waals surface area contributed by atoms with Crippen LogP contribution in [0.2, 0.25) is 0 Å². The highest BCUT2D eigenvalue weighted by Crippen LogP contribution is 2.39. The summed E-state index contributed by atoms with van der Waals surface area (Å²) in [4.78, 5) is 0.0980. The molecule has 104 valence electrons. The van der Waals surface area contributed by atoms with Gasteiger partial charge in [0.05, 0.1) is 25.2 Å². The first kappa shape index (κ1) is 14.1. The number of hydrogen-bond donors (Lipinski definition) is 0. The zero-order valence-electron chi connectivity index (χ0n) is 11.0. The van der Waals surface area contributed by atoms with Gasteiger partial charge in [0, 0.05) is 10.0 Å². The van der Waals surface area contributed by atoms with Crippen molar-refractivity contribution < 1.29 is 9.47 Å². The van der Waals surface area contributed by atoms with Gasteiger partial charge in [-0.3, -0.25) is 0 Å². The molecular formula is C16H14Br2O2. The molecule has 0 radical (unpaired) electrons. The van der Waals surface area contributed by atoms with E-state index in [1.165, 1.54) is 16.7 Å². The van der Waals surface area contributed by atoms with Crippen molar-refractivity contribution in [3.8, 4) is 5.75 Å². The SMILES string of the molecule is COc1ccc(Br)cc1C(Br)c1ccc2c(c1)COC2. The van der Waals surface area contributed by atoms with Crippen molar-refractivity contribution in [3.63, 3.8) is 0 Å². The molecule has 1 aliphatic rings. The van der Waals surface area contributed by atoms with Crippen molar-refractivity contribution in [2.45, 2.75) is 18.0 Å². The Morgan fingerprint density at radius 2 is 1.90 bits per heavy atom. The van der Waals surface area contributed by atoms with Crippen molar-refractivity contribution >= 4 is 31.9 Å². The Labute approximate surface area is 135 Å². The molecule has 0 N–H and O–H groups in total.